The first kappa shape index (κ1) is 19.6. The molecule has 0 saturated heterocycles. The van der Waals surface area contributed by atoms with Crippen LogP contribution in [0.1, 0.15) is 0 Å². The Bertz CT molecular complexity index is 27.5. The third kappa shape index (κ3) is 57.3. The highest BCUT2D eigenvalue weighted by atomic mass is 33.1. The minimum atomic E-state index is 1.77. The van der Waals surface area contributed by atoms with E-state index in [1.54, 1.807) is 64.8 Å². The maximum atomic E-state index is 2.06. The summed E-state index contributed by atoms with van der Waals surface area (Å²) in [5, 5.41) is 0. The van der Waals surface area contributed by atoms with Crippen LogP contribution in [0.2, 0.25) is 0 Å². The van der Waals surface area contributed by atoms with E-state index in [9.17, 15) is 0 Å². The Hall–Kier alpha value is 2.10. The van der Waals surface area contributed by atoms with Crippen molar-refractivity contribution in [2.45, 2.75) is 0 Å². The molecule has 0 aliphatic heterocycles. The lowest BCUT2D eigenvalue weighted by Gasteiger charge is -1.69. The summed E-state index contributed by atoms with van der Waals surface area (Å²) in [6.45, 7) is 0. The lowest BCUT2D eigenvalue weighted by molar-refractivity contribution is 2.51. The van der Waals surface area contributed by atoms with E-state index in [0.29, 0.717) is 0 Å². The molecule has 0 aromatic rings. The van der Waals surface area contributed by atoms with Crippen LogP contribution in [0.4, 0.5) is 0 Å². The topological polar surface area (TPSA) is 0 Å². The molecular weight excluding hydrogens is 264 g/mol. The summed E-state index contributed by atoms with van der Waals surface area (Å²) in [4.78, 5) is 0. The molecule has 0 N–H and O–H groups in total. The first-order valence-corrected chi connectivity index (χ1v) is 11.8. The van der Waals surface area contributed by atoms with Gasteiger partial charge in [0.1, 0.15) is 0 Å². The highest BCUT2D eigenvalue weighted by Crippen LogP contribution is 2.09. The summed E-state index contributed by atoms with van der Waals surface area (Å²) < 4.78 is 0. The normalized spacial score (nSPS) is 7.50. The Morgan fingerprint density at radius 1 is 0.333 bits per heavy atom. The molecule has 0 atom stereocenters. The average molecular weight is 283 g/mol. The smallest absolute Gasteiger partial charge is 0.00793 e. The van der Waals surface area contributed by atoms with Crippen LogP contribution in [0.5, 0.6) is 0 Å². The summed E-state index contributed by atoms with van der Waals surface area (Å²) in [5.74, 6) is 0. The fourth-order valence-electron chi connectivity index (χ4n) is 0. The standard InChI is InChI=1S/3C2H6S2/c3*1-3-4-2/h3*1-2H3. The van der Waals surface area contributed by atoms with Crippen LogP contribution in [-0.4, -0.2) is 37.5 Å². The van der Waals surface area contributed by atoms with Gasteiger partial charge in [-0.15, -0.1) is 0 Å². The van der Waals surface area contributed by atoms with E-state index in [1.807, 2.05) is 0 Å². The molecule has 0 spiro atoms. The second-order valence-electron chi connectivity index (χ2n) is 1.00. The SMILES string of the molecule is CSSC.CSSC.CSSC. The van der Waals surface area contributed by atoms with Gasteiger partial charge in [0.25, 0.3) is 0 Å². The van der Waals surface area contributed by atoms with Crippen molar-refractivity contribution in [3.05, 3.63) is 0 Å². The zero-order valence-corrected chi connectivity index (χ0v) is 13.3. The summed E-state index contributed by atoms with van der Waals surface area (Å²) in [5.41, 5.74) is 0. The molecule has 0 amide bonds. The maximum Gasteiger partial charge on any atom is -0.00793 e. The first-order valence-electron chi connectivity index (χ1n) is 2.95. The van der Waals surface area contributed by atoms with Crippen molar-refractivity contribution in [1.29, 1.82) is 0 Å². The lowest BCUT2D eigenvalue weighted by atomic mass is 12.0. The van der Waals surface area contributed by atoms with Crippen molar-refractivity contribution in [1.82, 2.24) is 0 Å². The van der Waals surface area contributed by atoms with E-state index < -0.39 is 0 Å². The van der Waals surface area contributed by atoms with Crippen molar-refractivity contribution in [2.24, 2.45) is 0 Å². The molecule has 0 unspecified atom stereocenters. The molecule has 0 aliphatic carbocycles. The van der Waals surface area contributed by atoms with Gasteiger partial charge in [0.05, 0.1) is 0 Å². The minimum absolute atomic E-state index is 1.77. The second-order valence-corrected chi connectivity index (χ2v) is 9.00. The quantitative estimate of drug-likeness (QED) is 0.672. The molecular formula is C6H18S6. The fourth-order valence-corrected chi connectivity index (χ4v) is 0. The Labute approximate surface area is 102 Å². The predicted molar refractivity (Wildman–Crippen MR) is 81.1 cm³/mol. The van der Waals surface area contributed by atoms with Gasteiger partial charge < -0.3 is 0 Å². The van der Waals surface area contributed by atoms with Crippen molar-refractivity contribution < 1.29 is 0 Å². The molecule has 0 aromatic heterocycles. The average Bonchev–Trinajstić information content (AvgIpc) is 2.18. The van der Waals surface area contributed by atoms with Gasteiger partial charge in [-0.05, 0) is 37.5 Å². The molecule has 78 valence electrons. The second kappa shape index (κ2) is 29.2. The summed E-state index contributed by atoms with van der Waals surface area (Å²) in [6.07, 6.45) is 12.4. The molecule has 0 saturated carbocycles. The van der Waals surface area contributed by atoms with E-state index in [1.165, 1.54) is 0 Å². The summed E-state index contributed by atoms with van der Waals surface area (Å²) in [7, 11) is 10.6. The van der Waals surface area contributed by atoms with Gasteiger partial charge in [-0.25, -0.2) is 0 Å². The van der Waals surface area contributed by atoms with Crippen molar-refractivity contribution in [3.8, 4) is 0 Å². The summed E-state index contributed by atoms with van der Waals surface area (Å²) >= 11 is 0. The van der Waals surface area contributed by atoms with Gasteiger partial charge >= 0.3 is 0 Å². The Morgan fingerprint density at radius 3 is 0.417 bits per heavy atom. The van der Waals surface area contributed by atoms with Gasteiger partial charge in [-0.2, -0.15) is 0 Å². The van der Waals surface area contributed by atoms with E-state index >= 15 is 0 Å². The number of hydrogen-bond acceptors (Lipinski definition) is 6. The van der Waals surface area contributed by atoms with E-state index in [2.05, 4.69) is 37.5 Å². The Balaban J connectivity index is -0.000000101. The van der Waals surface area contributed by atoms with Gasteiger partial charge in [0, 0.05) is 0 Å². The largest absolute Gasteiger partial charge is 0.0979 e. The molecule has 0 fully saturated rings. The van der Waals surface area contributed by atoms with E-state index in [-0.39, 0.29) is 0 Å². The zero-order valence-electron chi connectivity index (χ0n) is 8.45. The molecule has 12 heavy (non-hydrogen) atoms. The number of hydrogen-bond donors (Lipinski definition) is 0. The molecule has 0 aromatic carbocycles. The Kier molecular flexibility index (Phi) is 47.8. The van der Waals surface area contributed by atoms with Crippen LogP contribution >= 0.6 is 64.8 Å². The van der Waals surface area contributed by atoms with Crippen molar-refractivity contribution >= 4 is 64.8 Å². The molecule has 0 aliphatic rings. The molecule has 0 nitrogen and oxygen atoms in total. The third-order valence-corrected chi connectivity index (χ3v) is 4.50. The Morgan fingerprint density at radius 2 is 0.417 bits per heavy atom. The molecule has 0 heterocycles. The van der Waals surface area contributed by atoms with Crippen LogP contribution in [0, 0.1) is 0 Å². The molecule has 0 rings (SSSR count). The van der Waals surface area contributed by atoms with Gasteiger partial charge in [0.15, 0.2) is 0 Å². The van der Waals surface area contributed by atoms with Gasteiger partial charge in [0.2, 0.25) is 0 Å². The highest BCUT2D eigenvalue weighted by Gasteiger charge is 1.55. The molecule has 0 bridgehead atoms. The third-order valence-electron chi connectivity index (χ3n) is 0.500. The minimum Gasteiger partial charge on any atom is -0.0979 e. The first-order chi connectivity index (χ1) is 5.74. The van der Waals surface area contributed by atoms with Crippen LogP contribution in [-0.2, 0) is 0 Å². The maximum absolute atomic E-state index is 2.06. The monoisotopic (exact) mass is 282 g/mol. The van der Waals surface area contributed by atoms with Crippen LogP contribution in [0.3, 0.4) is 0 Å². The lowest BCUT2D eigenvalue weighted by Crippen LogP contribution is -1.28. The number of rotatable bonds is 3. The van der Waals surface area contributed by atoms with Crippen molar-refractivity contribution in [2.75, 3.05) is 37.5 Å². The van der Waals surface area contributed by atoms with Crippen LogP contribution in [0.15, 0.2) is 0 Å². The predicted octanol–water partition coefficient (Wildman–Crippen LogP) is 4.88. The molecule has 6 heteroatoms. The van der Waals surface area contributed by atoms with Gasteiger partial charge in [-0.1, -0.05) is 64.8 Å². The van der Waals surface area contributed by atoms with Gasteiger partial charge in [-0.3, -0.25) is 0 Å². The highest BCUT2D eigenvalue weighted by molar-refractivity contribution is 8.76. The fraction of sp³-hybridized carbons (Fsp3) is 1.00. The van der Waals surface area contributed by atoms with E-state index in [0.717, 1.165) is 0 Å². The van der Waals surface area contributed by atoms with Crippen LogP contribution < -0.4 is 0 Å². The molecule has 0 radical (unpaired) electrons. The van der Waals surface area contributed by atoms with Crippen LogP contribution in [0.25, 0.3) is 0 Å². The summed E-state index contributed by atoms with van der Waals surface area (Å²) in [6, 6.07) is 0. The van der Waals surface area contributed by atoms with E-state index in [4.69, 9.17) is 0 Å². The van der Waals surface area contributed by atoms with Crippen molar-refractivity contribution in [3.63, 3.8) is 0 Å². The zero-order chi connectivity index (χ0) is 10.2.